The first kappa shape index (κ1) is 31.9. The molecule has 0 saturated carbocycles. The van der Waals surface area contributed by atoms with E-state index in [1.54, 1.807) is 11.3 Å². The van der Waals surface area contributed by atoms with Crippen LogP contribution in [0.2, 0.25) is 0 Å². The van der Waals surface area contributed by atoms with Crippen molar-refractivity contribution in [3.8, 4) is 51.0 Å². The maximum absolute atomic E-state index is 6.58. The van der Waals surface area contributed by atoms with Crippen LogP contribution in [0, 0.1) is 0 Å². The van der Waals surface area contributed by atoms with Crippen LogP contribution in [0.1, 0.15) is 0 Å². The fourth-order valence-electron chi connectivity index (χ4n) is 8.52. The lowest BCUT2D eigenvalue weighted by Gasteiger charge is -2.09. The molecule has 5 nitrogen and oxygen atoms in total. The van der Waals surface area contributed by atoms with Crippen molar-refractivity contribution < 1.29 is 4.42 Å². The van der Waals surface area contributed by atoms with Gasteiger partial charge in [-0.3, -0.25) is 0 Å². The number of nitrogens with zero attached hydrogens (tertiary/aromatic N) is 4. The zero-order chi connectivity index (χ0) is 37.5. The summed E-state index contributed by atoms with van der Waals surface area (Å²) in [6.45, 7) is 0. The number of rotatable bonds is 5. The zero-order valence-electron chi connectivity index (χ0n) is 30.4. The van der Waals surface area contributed by atoms with Crippen LogP contribution in [0.3, 0.4) is 0 Å². The van der Waals surface area contributed by atoms with Gasteiger partial charge < -0.3 is 8.98 Å². The second-order valence-electron chi connectivity index (χ2n) is 14.3. The molecular formula is C51H30N4OS. The lowest BCUT2D eigenvalue weighted by molar-refractivity contribution is 0.669. The largest absolute Gasteiger partial charge is 0.456 e. The number of hydrogen-bond acceptors (Lipinski definition) is 5. The normalized spacial score (nSPS) is 11.9. The monoisotopic (exact) mass is 746 g/mol. The maximum Gasteiger partial charge on any atom is 0.165 e. The highest BCUT2D eigenvalue weighted by molar-refractivity contribution is 7.26. The van der Waals surface area contributed by atoms with E-state index in [0.29, 0.717) is 17.5 Å². The molecule has 4 heterocycles. The average Bonchev–Trinajstić information content (AvgIpc) is 3.96. The van der Waals surface area contributed by atoms with E-state index in [0.717, 1.165) is 54.6 Å². The first-order valence-electron chi connectivity index (χ1n) is 19.0. The predicted molar refractivity (Wildman–Crippen MR) is 236 cm³/mol. The molecule has 0 unspecified atom stereocenters. The van der Waals surface area contributed by atoms with E-state index in [1.165, 1.54) is 42.8 Å². The number of fused-ring (bicyclic) bond motifs is 9. The Morgan fingerprint density at radius 2 is 0.912 bits per heavy atom. The zero-order valence-corrected chi connectivity index (χ0v) is 31.2. The minimum absolute atomic E-state index is 0.650. The highest BCUT2D eigenvalue weighted by atomic mass is 32.1. The van der Waals surface area contributed by atoms with Crippen LogP contribution < -0.4 is 0 Å². The summed E-state index contributed by atoms with van der Waals surface area (Å²) in [6, 6.07) is 63.7. The van der Waals surface area contributed by atoms with E-state index in [4.69, 9.17) is 19.4 Å². The molecule has 0 atom stereocenters. The number of benzene rings is 8. The third-order valence-electron chi connectivity index (χ3n) is 11.1. The molecule has 12 rings (SSSR count). The van der Waals surface area contributed by atoms with E-state index >= 15 is 0 Å². The molecule has 0 aliphatic rings. The van der Waals surface area contributed by atoms with Gasteiger partial charge in [-0.05, 0) is 48.0 Å². The Bertz CT molecular complexity index is 3420. The summed E-state index contributed by atoms with van der Waals surface area (Å²) < 4.78 is 11.3. The number of aromatic nitrogens is 4. The second-order valence-corrected chi connectivity index (χ2v) is 15.4. The first-order chi connectivity index (χ1) is 28.3. The van der Waals surface area contributed by atoms with Crippen LogP contribution >= 0.6 is 11.3 Å². The van der Waals surface area contributed by atoms with Crippen molar-refractivity contribution >= 4 is 75.3 Å². The SMILES string of the molecule is c1ccc(-c2nc(-c3ccccc3)nc(-c3cccc4c3sc3c(-c5cccc6oc7ccc(-n8c9ccccc9c9ccccc98)cc7c56)cccc34)n2)cc1. The summed E-state index contributed by atoms with van der Waals surface area (Å²) in [5.74, 6) is 1.95. The summed E-state index contributed by atoms with van der Waals surface area (Å²) >= 11 is 1.79. The van der Waals surface area contributed by atoms with Gasteiger partial charge in [0.2, 0.25) is 0 Å². The predicted octanol–water partition coefficient (Wildman–Crippen LogP) is 13.9. The standard InChI is InChI=1S/C51H30N4OS/c1-3-14-31(15-4-1)49-52-50(32-16-5-2-6-17-32)54-51(53-49)40-24-12-23-39-38-22-11-21-37(47(38)57-48(39)40)36-20-13-27-45-46(36)41-30-33(28-29-44(41)56-45)55-42-25-9-7-18-34(42)35-19-8-10-26-43(35)55/h1-30H. The van der Waals surface area contributed by atoms with Crippen molar-refractivity contribution in [3.05, 3.63) is 182 Å². The fraction of sp³-hybridized carbons (Fsp3) is 0. The van der Waals surface area contributed by atoms with E-state index in [9.17, 15) is 0 Å². The van der Waals surface area contributed by atoms with Gasteiger partial charge in [0.1, 0.15) is 11.2 Å². The van der Waals surface area contributed by atoms with Crippen LogP contribution in [-0.2, 0) is 0 Å². The van der Waals surface area contributed by atoms with Crippen LogP contribution in [0.4, 0.5) is 0 Å². The molecule has 4 aromatic heterocycles. The Morgan fingerprint density at radius 1 is 0.386 bits per heavy atom. The second kappa shape index (κ2) is 12.6. The maximum atomic E-state index is 6.58. The van der Waals surface area contributed by atoms with Crippen molar-refractivity contribution in [3.63, 3.8) is 0 Å². The first-order valence-corrected chi connectivity index (χ1v) is 19.8. The highest BCUT2D eigenvalue weighted by Gasteiger charge is 2.21. The number of furan rings is 1. The lowest BCUT2D eigenvalue weighted by Crippen LogP contribution is -2.00. The minimum atomic E-state index is 0.650. The van der Waals surface area contributed by atoms with Crippen LogP contribution in [0.25, 0.3) is 115 Å². The van der Waals surface area contributed by atoms with Gasteiger partial charge >= 0.3 is 0 Å². The lowest BCUT2D eigenvalue weighted by atomic mass is 9.97. The Hall–Kier alpha value is -7.41. The van der Waals surface area contributed by atoms with Gasteiger partial charge in [-0.1, -0.05) is 140 Å². The van der Waals surface area contributed by atoms with Gasteiger partial charge in [0.15, 0.2) is 17.5 Å². The molecular weight excluding hydrogens is 717 g/mol. The third-order valence-corrected chi connectivity index (χ3v) is 12.4. The number of hydrogen-bond donors (Lipinski definition) is 0. The molecule has 57 heavy (non-hydrogen) atoms. The van der Waals surface area contributed by atoms with E-state index in [2.05, 4.69) is 126 Å². The van der Waals surface area contributed by atoms with Crippen molar-refractivity contribution in [1.82, 2.24) is 19.5 Å². The number of thiophene rings is 1. The summed E-state index contributed by atoms with van der Waals surface area (Å²) in [6.07, 6.45) is 0. The third kappa shape index (κ3) is 4.98. The molecule has 0 saturated heterocycles. The van der Waals surface area contributed by atoms with Gasteiger partial charge in [0.25, 0.3) is 0 Å². The fourth-order valence-corrected chi connectivity index (χ4v) is 9.85. The Morgan fingerprint density at radius 3 is 1.58 bits per heavy atom. The molecule has 0 bridgehead atoms. The summed E-state index contributed by atoms with van der Waals surface area (Å²) in [5, 5.41) is 7.06. The van der Waals surface area contributed by atoms with E-state index in [1.807, 2.05) is 60.7 Å². The minimum Gasteiger partial charge on any atom is -0.456 e. The van der Waals surface area contributed by atoms with Crippen molar-refractivity contribution in [2.45, 2.75) is 0 Å². The van der Waals surface area contributed by atoms with Gasteiger partial charge in [-0.15, -0.1) is 11.3 Å². The van der Waals surface area contributed by atoms with Crippen molar-refractivity contribution in [1.29, 1.82) is 0 Å². The molecule has 0 amide bonds. The van der Waals surface area contributed by atoms with Crippen molar-refractivity contribution in [2.75, 3.05) is 0 Å². The molecule has 0 N–H and O–H groups in total. The highest BCUT2D eigenvalue weighted by Crippen LogP contribution is 2.46. The molecule has 0 aliphatic heterocycles. The summed E-state index contributed by atoms with van der Waals surface area (Å²) in [4.78, 5) is 15.2. The van der Waals surface area contributed by atoms with Crippen LogP contribution in [0.15, 0.2) is 186 Å². The molecule has 0 fully saturated rings. The van der Waals surface area contributed by atoms with Gasteiger partial charge in [-0.2, -0.15) is 0 Å². The number of para-hydroxylation sites is 2. The molecule has 0 aliphatic carbocycles. The molecule has 6 heteroatoms. The van der Waals surface area contributed by atoms with E-state index < -0.39 is 0 Å². The van der Waals surface area contributed by atoms with Gasteiger partial charge in [0, 0.05) is 69.7 Å². The summed E-state index contributed by atoms with van der Waals surface area (Å²) in [7, 11) is 0. The molecule has 266 valence electrons. The van der Waals surface area contributed by atoms with Crippen LogP contribution in [0.5, 0.6) is 0 Å². The van der Waals surface area contributed by atoms with Gasteiger partial charge in [-0.25, -0.2) is 15.0 Å². The Balaban J connectivity index is 1.07. The Labute approximate surface area is 330 Å². The Kier molecular flexibility index (Phi) is 7.03. The summed E-state index contributed by atoms with van der Waals surface area (Å²) in [5.41, 5.74) is 10.4. The molecule has 0 radical (unpaired) electrons. The molecule has 0 spiro atoms. The van der Waals surface area contributed by atoms with Crippen molar-refractivity contribution in [2.24, 2.45) is 0 Å². The topological polar surface area (TPSA) is 56.7 Å². The van der Waals surface area contributed by atoms with Crippen LogP contribution in [-0.4, -0.2) is 19.5 Å². The average molecular weight is 747 g/mol. The van der Waals surface area contributed by atoms with E-state index in [-0.39, 0.29) is 0 Å². The smallest absolute Gasteiger partial charge is 0.165 e. The molecule has 12 aromatic rings. The van der Waals surface area contributed by atoms with Gasteiger partial charge in [0.05, 0.1) is 11.0 Å². The molecule has 8 aromatic carbocycles. The quantitative estimate of drug-likeness (QED) is 0.176.